The number of quaternary nitrogens is 1. The highest BCUT2D eigenvalue weighted by atomic mass is 127. The first kappa shape index (κ1) is 14.2. The van der Waals surface area contributed by atoms with Gasteiger partial charge in [-0.2, -0.15) is 4.39 Å². The Morgan fingerprint density at radius 3 is 2.27 bits per heavy atom. The van der Waals surface area contributed by atoms with Crippen molar-refractivity contribution < 1.29 is 9.31 Å². The van der Waals surface area contributed by atoms with E-state index in [0.717, 1.165) is 6.07 Å². The van der Waals surface area contributed by atoms with E-state index in [-0.39, 0.29) is 24.0 Å². The standard InChI is InChI=1S/C9H12FN2O2.HI/c1-12(2,3)7-4-5-8(10)9(6-7)11(13)14;/h4-6H,1-3H3;1H/q+1;. The van der Waals surface area contributed by atoms with Crippen LogP contribution in [0.1, 0.15) is 0 Å². The SMILES string of the molecule is C[N+](C)(C)c1ccc(F)c([N+](=O)[O-])c1.I. The van der Waals surface area contributed by atoms with Gasteiger partial charge >= 0.3 is 5.69 Å². The van der Waals surface area contributed by atoms with E-state index < -0.39 is 16.4 Å². The molecule has 0 saturated heterocycles. The van der Waals surface area contributed by atoms with Gasteiger partial charge in [0.15, 0.2) is 0 Å². The molecular formula is C9H13FIN2O2+. The maximum atomic E-state index is 13.0. The smallest absolute Gasteiger partial charge is 0.298 e. The van der Waals surface area contributed by atoms with E-state index in [2.05, 4.69) is 0 Å². The first-order valence-electron chi connectivity index (χ1n) is 4.08. The van der Waals surface area contributed by atoms with Gasteiger partial charge in [-0.25, -0.2) is 0 Å². The summed E-state index contributed by atoms with van der Waals surface area (Å²) in [6.45, 7) is 0. The second-order valence-electron chi connectivity index (χ2n) is 3.91. The van der Waals surface area contributed by atoms with Crippen molar-refractivity contribution in [3.8, 4) is 0 Å². The van der Waals surface area contributed by atoms with Crippen molar-refractivity contribution in [3.05, 3.63) is 34.1 Å². The summed E-state index contributed by atoms with van der Waals surface area (Å²) in [7, 11) is 5.57. The normalized spacial score (nSPS) is 10.7. The van der Waals surface area contributed by atoms with E-state index in [1.165, 1.54) is 6.07 Å². The number of hydrogen-bond donors (Lipinski definition) is 0. The number of nitro benzene ring substituents is 1. The van der Waals surface area contributed by atoms with Gasteiger partial charge in [-0.15, -0.1) is 24.0 Å². The third-order valence-electron chi connectivity index (χ3n) is 1.90. The fourth-order valence-electron chi connectivity index (χ4n) is 1.06. The van der Waals surface area contributed by atoms with Crippen molar-refractivity contribution in [1.82, 2.24) is 4.48 Å². The summed E-state index contributed by atoms with van der Waals surface area (Å²) >= 11 is 0. The van der Waals surface area contributed by atoms with Crippen molar-refractivity contribution in [2.75, 3.05) is 21.1 Å². The molecule has 1 aromatic carbocycles. The minimum Gasteiger partial charge on any atom is -0.298 e. The van der Waals surface area contributed by atoms with Gasteiger partial charge in [0.25, 0.3) is 0 Å². The summed E-state index contributed by atoms with van der Waals surface area (Å²) in [5.41, 5.74) is 0.216. The number of hydrogen-bond acceptors (Lipinski definition) is 2. The fourth-order valence-corrected chi connectivity index (χ4v) is 1.06. The number of halogens is 2. The molecule has 0 atom stereocenters. The Bertz CT molecular complexity index is 377. The van der Waals surface area contributed by atoms with E-state index >= 15 is 0 Å². The molecule has 0 saturated carbocycles. The van der Waals surface area contributed by atoms with Crippen molar-refractivity contribution in [3.63, 3.8) is 0 Å². The molecule has 0 fully saturated rings. The van der Waals surface area contributed by atoms with E-state index in [1.807, 2.05) is 21.1 Å². The molecule has 6 heteroatoms. The molecule has 1 aromatic rings. The summed E-state index contributed by atoms with van der Waals surface area (Å²) in [6, 6.07) is 3.93. The average Bonchev–Trinajstić information content (AvgIpc) is 2.02. The predicted molar refractivity (Wildman–Crippen MR) is 68.0 cm³/mol. The second-order valence-corrected chi connectivity index (χ2v) is 3.91. The van der Waals surface area contributed by atoms with Crippen LogP contribution in [0, 0.1) is 15.9 Å². The summed E-state index contributed by atoms with van der Waals surface area (Å²) < 4.78 is 13.4. The molecule has 0 aliphatic carbocycles. The zero-order valence-electron chi connectivity index (χ0n) is 8.73. The minimum atomic E-state index is -0.799. The van der Waals surface area contributed by atoms with Gasteiger partial charge in [-0.3, -0.25) is 14.6 Å². The Hall–Kier alpha value is -0.760. The van der Waals surface area contributed by atoms with Crippen LogP contribution in [-0.4, -0.2) is 26.1 Å². The van der Waals surface area contributed by atoms with Crippen LogP contribution in [0.2, 0.25) is 0 Å². The quantitative estimate of drug-likeness (QED) is 0.363. The molecule has 0 radical (unpaired) electrons. The highest BCUT2D eigenvalue weighted by molar-refractivity contribution is 14.0. The van der Waals surface area contributed by atoms with Gasteiger partial charge in [-0.05, 0) is 6.07 Å². The van der Waals surface area contributed by atoms with E-state index in [0.29, 0.717) is 10.2 Å². The Morgan fingerprint density at radius 1 is 1.33 bits per heavy atom. The van der Waals surface area contributed by atoms with Crippen molar-refractivity contribution in [2.24, 2.45) is 0 Å². The third-order valence-corrected chi connectivity index (χ3v) is 1.90. The molecule has 0 spiro atoms. The lowest BCUT2D eigenvalue weighted by Crippen LogP contribution is -2.34. The number of nitro groups is 1. The molecule has 0 aromatic heterocycles. The van der Waals surface area contributed by atoms with Crippen molar-refractivity contribution in [1.29, 1.82) is 0 Å². The largest absolute Gasteiger partial charge is 0.310 e. The van der Waals surface area contributed by atoms with Crippen molar-refractivity contribution in [2.45, 2.75) is 0 Å². The summed E-state index contributed by atoms with van der Waals surface area (Å²) in [6.07, 6.45) is 0. The van der Waals surface area contributed by atoms with Crippen LogP contribution in [-0.2, 0) is 0 Å². The Balaban J connectivity index is 0.00000196. The molecule has 84 valence electrons. The Morgan fingerprint density at radius 2 is 1.87 bits per heavy atom. The zero-order chi connectivity index (χ0) is 10.9. The van der Waals surface area contributed by atoms with Crippen LogP contribution in [0.3, 0.4) is 0 Å². The van der Waals surface area contributed by atoms with E-state index in [9.17, 15) is 14.5 Å². The molecule has 0 unspecified atom stereocenters. The van der Waals surface area contributed by atoms with Crippen LogP contribution >= 0.6 is 24.0 Å². The Labute approximate surface area is 104 Å². The molecule has 0 amide bonds. The average molecular weight is 327 g/mol. The number of benzene rings is 1. The van der Waals surface area contributed by atoms with Gasteiger partial charge in [0.05, 0.1) is 32.1 Å². The summed E-state index contributed by atoms with van der Waals surface area (Å²) in [5.74, 6) is -0.799. The van der Waals surface area contributed by atoms with Gasteiger partial charge in [0.1, 0.15) is 5.69 Å². The highest BCUT2D eigenvalue weighted by Gasteiger charge is 2.20. The van der Waals surface area contributed by atoms with Crippen LogP contribution in [0.5, 0.6) is 0 Å². The predicted octanol–water partition coefficient (Wildman–Crippen LogP) is 2.55. The van der Waals surface area contributed by atoms with Gasteiger partial charge in [-0.1, -0.05) is 0 Å². The maximum Gasteiger partial charge on any atom is 0.310 e. The van der Waals surface area contributed by atoms with Crippen LogP contribution in [0.25, 0.3) is 0 Å². The highest BCUT2D eigenvalue weighted by Crippen LogP contribution is 2.25. The number of rotatable bonds is 2. The van der Waals surface area contributed by atoms with Crippen molar-refractivity contribution >= 4 is 35.4 Å². The first-order valence-corrected chi connectivity index (χ1v) is 4.08. The molecule has 0 aliphatic rings. The monoisotopic (exact) mass is 327 g/mol. The van der Waals surface area contributed by atoms with Crippen LogP contribution in [0.15, 0.2) is 18.2 Å². The fraction of sp³-hybridized carbons (Fsp3) is 0.333. The molecule has 0 heterocycles. The van der Waals surface area contributed by atoms with Gasteiger partial charge < -0.3 is 0 Å². The lowest BCUT2D eigenvalue weighted by atomic mass is 10.2. The maximum absolute atomic E-state index is 13.0. The molecular weight excluding hydrogens is 314 g/mol. The molecule has 0 bridgehead atoms. The van der Waals surface area contributed by atoms with E-state index in [4.69, 9.17) is 0 Å². The van der Waals surface area contributed by atoms with Gasteiger partial charge in [0.2, 0.25) is 5.82 Å². The van der Waals surface area contributed by atoms with Crippen LogP contribution in [0.4, 0.5) is 15.8 Å². The first-order chi connectivity index (χ1) is 6.32. The Kier molecular flexibility index (Phi) is 4.60. The zero-order valence-corrected chi connectivity index (χ0v) is 11.1. The van der Waals surface area contributed by atoms with Gasteiger partial charge in [0, 0.05) is 6.07 Å². The second kappa shape index (κ2) is 4.84. The van der Waals surface area contributed by atoms with E-state index in [1.54, 1.807) is 6.07 Å². The number of nitrogens with zero attached hydrogens (tertiary/aromatic N) is 2. The summed E-state index contributed by atoms with van der Waals surface area (Å²) in [5, 5.41) is 10.5. The lowest BCUT2D eigenvalue weighted by Gasteiger charge is -2.22. The van der Waals surface area contributed by atoms with Crippen LogP contribution < -0.4 is 4.48 Å². The molecule has 0 aliphatic heterocycles. The topological polar surface area (TPSA) is 43.1 Å². The lowest BCUT2D eigenvalue weighted by molar-refractivity contribution is -0.387. The molecule has 4 nitrogen and oxygen atoms in total. The summed E-state index contributed by atoms with van der Waals surface area (Å²) in [4.78, 5) is 9.75. The minimum absolute atomic E-state index is 0. The molecule has 0 N–H and O–H groups in total. The molecule has 15 heavy (non-hydrogen) atoms. The molecule has 1 rings (SSSR count). The third kappa shape index (κ3) is 3.38.